The van der Waals surface area contributed by atoms with Crippen LogP contribution in [0.4, 0.5) is 0 Å². The number of piperidine rings is 1. The van der Waals surface area contributed by atoms with Crippen molar-refractivity contribution in [1.29, 1.82) is 0 Å². The van der Waals surface area contributed by atoms with Gasteiger partial charge in [0, 0.05) is 6.42 Å². The van der Waals surface area contributed by atoms with Crippen LogP contribution < -0.4 is 5.32 Å². The molecular formula is C10H17N5. The Morgan fingerprint density at radius 3 is 2.73 bits per heavy atom. The van der Waals surface area contributed by atoms with Crippen molar-refractivity contribution in [3.05, 3.63) is 5.82 Å². The van der Waals surface area contributed by atoms with Crippen LogP contribution in [-0.2, 0) is 6.42 Å². The molecule has 1 N–H and O–H groups in total. The maximum Gasteiger partial charge on any atom is 0.151 e. The molecule has 1 aliphatic carbocycles. The molecule has 1 saturated carbocycles. The number of hydrogen-bond acceptors (Lipinski definition) is 4. The van der Waals surface area contributed by atoms with Crippen molar-refractivity contribution in [3.63, 3.8) is 0 Å². The summed E-state index contributed by atoms with van der Waals surface area (Å²) in [6.45, 7) is 2.30. The molecule has 0 unspecified atom stereocenters. The Morgan fingerprint density at radius 2 is 2.00 bits per heavy atom. The maximum atomic E-state index is 4.15. The number of nitrogens with one attached hydrogen (secondary N) is 1. The highest BCUT2D eigenvalue weighted by molar-refractivity contribution is 4.92. The van der Waals surface area contributed by atoms with Crippen LogP contribution in [0.3, 0.4) is 0 Å². The minimum Gasteiger partial charge on any atom is -0.317 e. The molecule has 3 rings (SSSR count). The molecule has 1 aromatic rings. The minimum atomic E-state index is 0.608. The SMILES string of the molecule is C1CC(Cc2nnnn2C2CC2)CCN1. The fourth-order valence-electron chi connectivity index (χ4n) is 2.29. The lowest BCUT2D eigenvalue weighted by molar-refractivity contribution is 0.360. The predicted octanol–water partition coefficient (Wildman–Crippen LogP) is 0.550. The summed E-state index contributed by atoms with van der Waals surface area (Å²) in [6.07, 6.45) is 6.09. The van der Waals surface area contributed by atoms with Gasteiger partial charge in [0.15, 0.2) is 5.82 Å². The van der Waals surface area contributed by atoms with E-state index in [-0.39, 0.29) is 0 Å². The lowest BCUT2D eigenvalue weighted by Gasteiger charge is -2.21. The molecular weight excluding hydrogens is 190 g/mol. The Labute approximate surface area is 89.2 Å². The van der Waals surface area contributed by atoms with Gasteiger partial charge in [-0.1, -0.05) is 0 Å². The molecule has 0 aromatic carbocycles. The van der Waals surface area contributed by atoms with Crippen LogP contribution in [-0.4, -0.2) is 33.3 Å². The lowest BCUT2D eigenvalue weighted by Crippen LogP contribution is -2.29. The van der Waals surface area contributed by atoms with E-state index in [1.165, 1.54) is 25.7 Å². The summed E-state index contributed by atoms with van der Waals surface area (Å²) in [4.78, 5) is 0. The van der Waals surface area contributed by atoms with Gasteiger partial charge in [0.05, 0.1) is 6.04 Å². The number of tetrazole rings is 1. The third kappa shape index (κ3) is 2.02. The molecule has 0 atom stereocenters. The molecule has 5 nitrogen and oxygen atoms in total. The van der Waals surface area contributed by atoms with Gasteiger partial charge in [0.1, 0.15) is 0 Å². The third-order valence-electron chi connectivity index (χ3n) is 3.38. The highest BCUT2D eigenvalue weighted by atomic mass is 15.6. The van der Waals surface area contributed by atoms with Crippen molar-refractivity contribution in [2.45, 2.75) is 38.1 Å². The monoisotopic (exact) mass is 207 g/mol. The summed E-state index contributed by atoms with van der Waals surface area (Å²) < 4.78 is 2.04. The molecule has 2 aliphatic rings. The van der Waals surface area contributed by atoms with E-state index in [0.717, 1.165) is 31.3 Å². The molecule has 0 spiro atoms. The average molecular weight is 207 g/mol. The molecule has 2 fully saturated rings. The highest BCUT2D eigenvalue weighted by Gasteiger charge is 2.28. The third-order valence-corrected chi connectivity index (χ3v) is 3.38. The standard InChI is InChI=1S/C10H17N5/c1-2-9(1)15-10(12-13-14-15)7-8-3-5-11-6-4-8/h8-9,11H,1-7H2. The zero-order valence-corrected chi connectivity index (χ0v) is 8.89. The molecule has 82 valence electrons. The first kappa shape index (κ1) is 9.27. The van der Waals surface area contributed by atoms with Gasteiger partial charge in [-0.25, -0.2) is 4.68 Å². The van der Waals surface area contributed by atoms with Gasteiger partial charge in [-0.15, -0.1) is 5.10 Å². The van der Waals surface area contributed by atoms with Gasteiger partial charge < -0.3 is 5.32 Å². The van der Waals surface area contributed by atoms with E-state index in [1.54, 1.807) is 0 Å². The van der Waals surface area contributed by atoms with Crippen LogP contribution >= 0.6 is 0 Å². The summed E-state index contributed by atoms with van der Waals surface area (Å²) in [6, 6.07) is 0.608. The average Bonchev–Trinajstić information content (AvgIpc) is 3.02. The summed E-state index contributed by atoms with van der Waals surface area (Å²) in [5.41, 5.74) is 0. The van der Waals surface area contributed by atoms with Crippen molar-refractivity contribution in [3.8, 4) is 0 Å². The Balaban J connectivity index is 1.67. The van der Waals surface area contributed by atoms with Crippen molar-refractivity contribution in [2.75, 3.05) is 13.1 Å². The Bertz CT molecular complexity index is 324. The number of aromatic nitrogens is 4. The number of rotatable bonds is 3. The highest BCUT2D eigenvalue weighted by Crippen LogP contribution is 2.35. The zero-order valence-electron chi connectivity index (χ0n) is 8.89. The van der Waals surface area contributed by atoms with Crippen molar-refractivity contribution in [1.82, 2.24) is 25.5 Å². The molecule has 2 heterocycles. The second kappa shape index (κ2) is 3.89. The van der Waals surface area contributed by atoms with E-state index in [1.807, 2.05) is 4.68 Å². The second-order valence-electron chi connectivity index (χ2n) is 4.67. The smallest absolute Gasteiger partial charge is 0.151 e. The molecule has 15 heavy (non-hydrogen) atoms. The minimum absolute atomic E-state index is 0.608. The summed E-state index contributed by atoms with van der Waals surface area (Å²) >= 11 is 0. The largest absolute Gasteiger partial charge is 0.317 e. The lowest BCUT2D eigenvalue weighted by atomic mass is 9.94. The van der Waals surface area contributed by atoms with Crippen LogP contribution in [0.1, 0.15) is 37.5 Å². The molecule has 0 radical (unpaired) electrons. The molecule has 1 aliphatic heterocycles. The molecule has 0 amide bonds. The Kier molecular flexibility index (Phi) is 2.40. The van der Waals surface area contributed by atoms with Gasteiger partial charge >= 0.3 is 0 Å². The fourth-order valence-corrected chi connectivity index (χ4v) is 2.29. The Hall–Kier alpha value is -0.970. The van der Waals surface area contributed by atoms with Gasteiger partial charge in [-0.3, -0.25) is 0 Å². The van der Waals surface area contributed by atoms with E-state index in [4.69, 9.17) is 0 Å². The fraction of sp³-hybridized carbons (Fsp3) is 0.900. The van der Waals surface area contributed by atoms with Crippen LogP contribution in [0.5, 0.6) is 0 Å². The summed E-state index contributed by atoms with van der Waals surface area (Å²) in [7, 11) is 0. The maximum absolute atomic E-state index is 4.15. The quantitative estimate of drug-likeness (QED) is 0.786. The van der Waals surface area contributed by atoms with Gasteiger partial charge in [-0.2, -0.15) is 0 Å². The van der Waals surface area contributed by atoms with Crippen LogP contribution in [0.25, 0.3) is 0 Å². The summed E-state index contributed by atoms with van der Waals surface area (Å²) in [5.74, 6) is 1.87. The Morgan fingerprint density at radius 1 is 1.20 bits per heavy atom. The van der Waals surface area contributed by atoms with Crippen LogP contribution in [0.2, 0.25) is 0 Å². The van der Waals surface area contributed by atoms with E-state index < -0.39 is 0 Å². The normalized spacial score (nSPS) is 23.2. The van der Waals surface area contributed by atoms with E-state index in [9.17, 15) is 0 Å². The number of nitrogens with zero attached hydrogens (tertiary/aromatic N) is 4. The van der Waals surface area contributed by atoms with Crippen LogP contribution in [0.15, 0.2) is 0 Å². The van der Waals surface area contributed by atoms with Gasteiger partial charge in [-0.05, 0) is 55.1 Å². The zero-order chi connectivity index (χ0) is 10.1. The predicted molar refractivity (Wildman–Crippen MR) is 55.4 cm³/mol. The first-order valence-electron chi connectivity index (χ1n) is 5.91. The molecule has 1 aromatic heterocycles. The number of hydrogen-bond donors (Lipinski definition) is 1. The molecule has 1 saturated heterocycles. The van der Waals surface area contributed by atoms with E-state index >= 15 is 0 Å². The molecule has 5 heteroatoms. The van der Waals surface area contributed by atoms with Gasteiger partial charge in [0.25, 0.3) is 0 Å². The van der Waals surface area contributed by atoms with E-state index in [2.05, 4.69) is 20.8 Å². The molecule has 0 bridgehead atoms. The summed E-state index contributed by atoms with van der Waals surface area (Å²) in [5, 5.41) is 15.4. The topological polar surface area (TPSA) is 55.6 Å². The van der Waals surface area contributed by atoms with Crippen molar-refractivity contribution >= 4 is 0 Å². The first-order chi connectivity index (χ1) is 7.43. The first-order valence-corrected chi connectivity index (χ1v) is 5.91. The van der Waals surface area contributed by atoms with Crippen molar-refractivity contribution in [2.24, 2.45) is 5.92 Å². The van der Waals surface area contributed by atoms with Gasteiger partial charge in [0.2, 0.25) is 0 Å². The van der Waals surface area contributed by atoms with Crippen molar-refractivity contribution < 1.29 is 0 Å². The second-order valence-corrected chi connectivity index (χ2v) is 4.67. The van der Waals surface area contributed by atoms with E-state index in [0.29, 0.717) is 6.04 Å². The van der Waals surface area contributed by atoms with Crippen LogP contribution in [0, 0.1) is 5.92 Å².